The molecule has 0 radical (unpaired) electrons. The molecular weight excluding hydrogens is 344 g/mol. The monoisotopic (exact) mass is 362 g/mol. The highest BCUT2D eigenvalue weighted by Crippen LogP contribution is 2.30. The molecule has 1 atom stereocenters. The van der Waals surface area contributed by atoms with E-state index < -0.39 is 0 Å². The molecule has 0 aliphatic carbocycles. The van der Waals surface area contributed by atoms with E-state index in [0.29, 0.717) is 28.0 Å². The van der Waals surface area contributed by atoms with Gasteiger partial charge in [0.15, 0.2) is 5.65 Å². The summed E-state index contributed by atoms with van der Waals surface area (Å²) in [6.07, 6.45) is 5.70. The molecule has 0 saturated carbocycles. The molecule has 1 fully saturated rings. The zero-order valence-electron chi connectivity index (χ0n) is 13.8. The molecule has 132 valence electrons. The summed E-state index contributed by atoms with van der Waals surface area (Å²) in [6, 6.07) is 0. The summed E-state index contributed by atoms with van der Waals surface area (Å²) in [7, 11) is 0. The number of hydrogen-bond donors (Lipinski definition) is 3. The van der Waals surface area contributed by atoms with Crippen molar-refractivity contribution in [1.82, 2.24) is 35.3 Å². The topological polar surface area (TPSA) is 106 Å². The van der Waals surface area contributed by atoms with Crippen LogP contribution in [0.15, 0.2) is 12.4 Å². The van der Waals surface area contributed by atoms with Crippen LogP contribution < -0.4 is 15.4 Å². The number of nitrogens with one attached hydrogen (secondary N) is 3. The Morgan fingerprint density at radius 3 is 3.12 bits per heavy atom. The number of aromatic amines is 1. The maximum Gasteiger partial charge on any atom is 0.232 e. The molecular formula is C15H19ClN8O. The smallest absolute Gasteiger partial charge is 0.232 e. The second-order valence-electron chi connectivity index (χ2n) is 5.88. The van der Waals surface area contributed by atoms with E-state index in [-0.39, 0.29) is 6.10 Å². The first-order chi connectivity index (χ1) is 12.2. The molecule has 0 bridgehead atoms. The number of anilines is 2. The molecule has 3 aromatic rings. The number of aromatic nitrogens is 6. The zero-order valence-corrected chi connectivity index (χ0v) is 14.5. The first-order valence-corrected chi connectivity index (χ1v) is 8.69. The molecule has 0 amide bonds. The van der Waals surface area contributed by atoms with Crippen molar-refractivity contribution >= 4 is 34.3 Å². The normalized spacial score (nSPS) is 17.8. The average Bonchev–Trinajstić information content (AvgIpc) is 3.23. The minimum Gasteiger partial charge on any atom is -0.472 e. The van der Waals surface area contributed by atoms with Gasteiger partial charge in [-0.2, -0.15) is 20.2 Å². The van der Waals surface area contributed by atoms with Crippen LogP contribution in [0.5, 0.6) is 5.88 Å². The van der Waals surface area contributed by atoms with Crippen LogP contribution in [0, 0.1) is 0 Å². The number of halogens is 1. The summed E-state index contributed by atoms with van der Waals surface area (Å²) in [4.78, 5) is 8.90. The lowest BCUT2D eigenvalue weighted by molar-refractivity contribution is 0.163. The molecule has 1 unspecified atom stereocenters. The van der Waals surface area contributed by atoms with Crippen molar-refractivity contribution < 1.29 is 4.74 Å². The lowest BCUT2D eigenvalue weighted by Gasteiger charge is -2.23. The first-order valence-electron chi connectivity index (χ1n) is 8.31. The molecule has 3 aromatic heterocycles. The highest BCUT2D eigenvalue weighted by molar-refractivity contribution is 6.34. The van der Waals surface area contributed by atoms with Gasteiger partial charge in [-0.05, 0) is 26.3 Å². The van der Waals surface area contributed by atoms with Crippen molar-refractivity contribution in [2.24, 2.45) is 0 Å². The minimum atomic E-state index is 0.0495. The standard InChI is InChI=1S/C15H19ClN8O/c1-2-24-8-9(6-18-24)19-15-20-13-11(12(16)22-23-13)14(21-15)25-10-4-3-5-17-7-10/h6,8,10,17H,2-5,7H2,1H3,(H2,19,20,21,22,23). The Bertz CT molecular complexity index is 870. The number of nitrogens with zero attached hydrogens (tertiary/aromatic N) is 5. The van der Waals surface area contributed by atoms with Gasteiger partial charge < -0.3 is 15.4 Å². The van der Waals surface area contributed by atoms with E-state index in [1.165, 1.54) is 0 Å². The van der Waals surface area contributed by atoms with E-state index in [2.05, 4.69) is 35.9 Å². The van der Waals surface area contributed by atoms with Crippen LogP contribution >= 0.6 is 11.6 Å². The molecule has 9 nitrogen and oxygen atoms in total. The van der Waals surface area contributed by atoms with Crippen LogP contribution in [-0.2, 0) is 6.54 Å². The molecule has 3 N–H and O–H groups in total. The van der Waals surface area contributed by atoms with Gasteiger partial charge in [0.2, 0.25) is 11.8 Å². The van der Waals surface area contributed by atoms with Gasteiger partial charge in [0.1, 0.15) is 16.6 Å². The van der Waals surface area contributed by atoms with Crippen molar-refractivity contribution in [2.75, 3.05) is 18.4 Å². The van der Waals surface area contributed by atoms with Crippen LogP contribution in [0.1, 0.15) is 19.8 Å². The van der Waals surface area contributed by atoms with Crippen LogP contribution in [0.2, 0.25) is 5.15 Å². The molecule has 0 aromatic carbocycles. The Balaban J connectivity index is 1.65. The second kappa shape index (κ2) is 6.85. The number of piperidine rings is 1. The molecule has 10 heteroatoms. The fourth-order valence-electron chi connectivity index (χ4n) is 2.81. The van der Waals surface area contributed by atoms with Gasteiger partial charge >= 0.3 is 0 Å². The summed E-state index contributed by atoms with van der Waals surface area (Å²) >= 11 is 6.20. The van der Waals surface area contributed by atoms with Gasteiger partial charge in [0.25, 0.3) is 0 Å². The summed E-state index contributed by atoms with van der Waals surface area (Å²) < 4.78 is 7.91. The van der Waals surface area contributed by atoms with E-state index in [9.17, 15) is 0 Å². The predicted molar refractivity (Wildman–Crippen MR) is 94.4 cm³/mol. The van der Waals surface area contributed by atoms with Crippen LogP contribution in [0.25, 0.3) is 11.0 Å². The average molecular weight is 363 g/mol. The van der Waals surface area contributed by atoms with E-state index in [4.69, 9.17) is 16.3 Å². The SMILES string of the molecule is CCn1cc(Nc2nc(OC3CCCNC3)c3c(Cl)[nH]nc3n2)cn1. The fourth-order valence-corrected chi connectivity index (χ4v) is 3.02. The predicted octanol–water partition coefficient (Wildman–Crippen LogP) is 2.10. The minimum absolute atomic E-state index is 0.0495. The van der Waals surface area contributed by atoms with Gasteiger partial charge in [-0.25, -0.2) is 0 Å². The highest BCUT2D eigenvalue weighted by Gasteiger charge is 2.21. The van der Waals surface area contributed by atoms with Crippen molar-refractivity contribution in [2.45, 2.75) is 32.4 Å². The summed E-state index contributed by atoms with van der Waals surface area (Å²) in [5.41, 5.74) is 1.26. The van der Waals surface area contributed by atoms with E-state index in [1.807, 2.05) is 17.8 Å². The van der Waals surface area contributed by atoms with E-state index in [0.717, 1.165) is 38.2 Å². The van der Waals surface area contributed by atoms with Crippen molar-refractivity contribution in [3.63, 3.8) is 0 Å². The Labute approximate surface area is 149 Å². The number of rotatable bonds is 5. The Kier molecular flexibility index (Phi) is 4.41. The molecule has 0 spiro atoms. The first kappa shape index (κ1) is 16.1. The van der Waals surface area contributed by atoms with Crippen LogP contribution in [-0.4, -0.2) is 49.1 Å². The van der Waals surface area contributed by atoms with Crippen molar-refractivity contribution in [3.05, 3.63) is 17.5 Å². The molecule has 4 rings (SSSR count). The summed E-state index contributed by atoms with van der Waals surface area (Å²) in [6.45, 7) is 4.61. The van der Waals surface area contributed by atoms with Gasteiger partial charge in [-0.1, -0.05) is 11.6 Å². The Hall–Kier alpha value is -2.39. The largest absolute Gasteiger partial charge is 0.472 e. The summed E-state index contributed by atoms with van der Waals surface area (Å²) in [5, 5.41) is 18.5. The lowest BCUT2D eigenvalue weighted by Crippen LogP contribution is -2.37. The Morgan fingerprint density at radius 2 is 2.36 bits per heavy atom. The lowest BCUT2D eigenvalue weighted by atomic mass is 10.1. The third-order valence-electron chi connectivity index (χ3n) is 4.08. The number of ether oxygens (including phenoxy) is 1. The third kappa shape index (κ3) is 3.38. The van der Waals surface area contributed by atoms with Crippen LogP contribution in [0.4, 0.5) is 11.6 Å². The highest BCUT2D eigenvalue weighted by atomic mass is 35.5. The molecule has 25 heavy (non-hydrogen) atoms. The Morgan fingerprint density at radius 1 is 1.44 bits per heavy atom. The maximum absolute atomic E-state index is 6.20. The van der Waals surface area contributed by atoms with Gasteiger partial charge in [0, 0.05) is 19.3 Å². The number of hydrogen-bond acceptors (Lipinski definition) is 7. The van der Waals surface area contributed by atoms with Crippen molar-refractivity contribution in [3.8, 4) is 5.88 Å². The second-order valence-corrected chi connectivity index (χ2v) is 6.26. The van der Waals surface area contributed by atoms with E-state index >= 15 is 0 Å². The molecule has 1 saturated heterocycles. The molecule has 4 heterocycles. The number of aryl methyl sites for hydroxylation is 1. The summed E-state index contributed by atoms with van der Waals surface area (Å²) in [5.74, 6) is 0.827. The van der Waals surface area contributed by atoms with Gasteiger partial charge in [-0.3, -0.25) is 9.78 Å². The molecule has 1 aliphatic rings. The van der Waals surface area contributed by atoms with Gasteiger partial charge in [-0.15, -0.1) is 0 Å². The number of fused-ring (bicyclic) bond motifs is 1. The van der Waals surface area contributed by atoms with E-state index in [1.54, 1.807) is 6.20 Å². The quantitative estimate of drug-likeness (QED) is 0.638. The molecule has 1 aliphatic heterocycles. The zero-order chi connectivity index (χ0) is 17.2. The van der Waals surface area contributed by atoms with Crippen LogP contribution in [0.3, 0.4) is 0 Å². The fraction of sp³-hybridized carbons (Fsp3) is 0.467. The van der Waals surface area contributed by atoms with Crippen molar-refractivity contribution in [1.29, 1.82) is 0 Å². The third-order valence-corrected chi connectivity index (χ3v) is 4.35. The number of H-pyrrole nitrogens is 1. The van der Waals surface area contributed by atoms with Gasteiger partial charge in [0.05, 0.1) is 11.9 Å². The maximum atomic E-state index is 6.20.